The Balaban J connectivity index is 1.47. The Kier molecular flexibility index (Phi) is 5.04. The molecular weight excluding hydrogens is 366 g/mol. The number of ether oxygens (including phenoxy) is 1. The minimum atomic E-state index is -0.905. The summed E-state index contributed by atoms with van der Waals surface area (Å²) in [5.41, 5.74) is 3.17. The molecule has 1 atom stereocenters. The van der Waals surface area contributed by atoms with Gasteiger partial charge in [0.2, 0.25) is 0 Å². The van der Waals surface area contributed by atoms with Crippen molar-refractivity contribution >= 4 is 39.3 Å². The summed E-state index contributed by atoms with van der Waals surface area (Å²) >= 11 is 0. The van der Waals surface area contributed by atoms with Gasteiger partial charge in [0.1, 0.15) is 5.58 Å². The smallest absolute Gasteiger partial charge is 0.311 e. The van der Waals surface area contributed by atoms with Crippen molar-refractivity contribution in [2.45, 2.75) is 26.4 Å². The number of amides is 1. The van der Waals surface area contributed by atoms with E-state index in [1.54, 1.807) is 19.3 Å². The Bertz CT molecular complexity index is 1210. The highest BCUT2D eigenvalue weighted by Gasteiger charge is 2.20. The molecule has 0 unspecified atom stereocenters. The van der Waals surface area contributed by atoms with E-state index < -0.39 is 12.1 Å². The molecule has 0 radical (unpaired) electrons. The van der Waals surface area contributed by atoms with Crippen LogP contribution in [0.15, 0.2) is 71.3 Å². The summed E-state index contributed by atoms with van der Waals surface area (Å²) in [6, 6.07) is 19.3. The Labute approximate surface area is 168 Å². The van der Waals surface area contributed by atoms with Crippen molar-refractivity contribution in [1.29, 1.82) is 0 Å². The summed E-state index contributed by atoms with van der Waals surface area (Å²) in [5, 5.41) is 5.76. The molecule has 5 heteroatoms. The molecule has 1 N–H and O–H groups in total. The molecule has 0 saturated heterocycles. The molecule has 0 spiro atoms. The first kappa shape index (κ1) is 18.7. The van der Waals surface area contributed by atoms with Crippen LogP contribution in [0.3, 0.4) is 0 Å². The molecule has 1 aromatic heterocycles. The van der Waals surface area contributed by atoms with Crippen LogP contribution in [-0.2, 0) is 20.7 Å². The van der Waals surface area contributed by atoms with Crippen LogP contribution >= 0.6 is 0 Å². The topological polar surface area (TPSA) is 68.5 Å². The first-order valence-electron chi connectivity index (χ1n) is 9.46. The van der Waals surface area contributed by atoms with Gasteiger partial charge in [-0.2, -0.15) is 0 Å². The molecule has 29 heavy (non-hydrogen) atoms. The second-order valence-electron chi connectivity index (χ2n) is 7.09. The van der Waals surface area contributed by atoms with Gasteiger partial charge in [0.25, 0.3) is 5.91 Å². The van der Waals surface area contributed by atoms with E-state index in [-0.39, 0.29) is 12.3 Å². The molecule has 0 fully saturated rings. The molecule has 3 aromatic carbocycles. The number of nitrogens with one attached hydrogen (secondary N) is 1. The maximum atomic E-state index is 12.5. The third-order valence-electron chi connectivity index (χ3n) is 4.84. The fraction of sp³-hybridized carbons (Fsp3) is 0.167. The summed E-state index contributed by atoms with van der Waals surface area (Å²) < 4.78 is 11.0. The van der Waals surface area contributed by atoms with Gasteiger partial charge < -0.3 is 14.5 Å². The minimum Gasteiger partial charge on any atom is -0.464 e. The van der Waals surface area contributed by atoms with Gasteiger partial charge >= 0.3 is 5.97 Å². The van der Waals surface area contributed by atoms with E-state index in [4.69, 9.17) is 9.15 Å². The molecule has 0 aliphatic carbocycles. The van der Waals surface area contributed by atoms with Crippen molar-refractivity contribution in [3.8, 4) is 0 Å². The average molecular weight is 387 g/mol. The zero-order valence-corrected chi connectivity index (χ0v) is 16.3. The molecule has 5 nitrogen and oxygen atoms in total. The zero-order valence-electron chi connectivity index (χ0n) is 16.3. The summed E-state index contributed by atoms with van der Waals surface area (Å²) in [6.07, 6.45) is 0.705. The number of carbonyl (C=O) groups excluding carboxylic acids is 2. The van der Waals surface area contributed by atoms with E-state index in [1.807, 2.05) is 61.5 Å². The number of hydrogen-bond acceptors (Lipinski definition) is 4. The van der Waals surface area contributed by atoms with Gasteiger partial charge in [-0.05, 0) is 48.4 Å². The van der Waals surface area contributed by atoms with Crippen LogP contribution in [0, 0.1) is 6.92 Å². The fourth-order valence-corrected chi connectivity index (χ4v) is 3.42. The predicted molar refractivity (Wildman–Crippen MR) is 113 cm³/mol. The summed E-state index contributed by atoms with van der Waals surface area (Å²) in [5.74, 6) is -0.848. The lowest BCUT2D eigenvalue weighted by Gasteiger charge is -2.13. The van der Waals surface area contributed by atoms with E-state index in [9.17, 15) is 9.59 Å². The quantitative estimate of drug-likeness (QED) is 0.489. The van der Waals surface area contributed by atoms with Gasteiger partial charge in [0.15, 0.2) is 6.10 Å². The number of hydrogen-bond donors (Lipinski definition) is 1. The van der Waals surface area contributed by atoms with Crippen LogP contribution < -0.4 is 5.32 Å². The standard InChI is InChI=1S/C24H21NO4/c1-15-6-5-8-19(12-15)25-24(27)16(2)29-22(26)13-18-14-28-21-11-10-17-7-3-4-9-20(17)23(18)21/h3-12,14,16H,13H2,1-2H3,(H,25,27)/t16-/m0/s1. The zero-order chi connectivity index (χ0) is 20.4. The van der Waals surface area contributed by atoms with Gasteiger partial charge in [0.05, 0.1) is 12.7 Å². The van der Waals surface area contributed by atoms with E-state index in [0.29, 0.717) is 5.69 Å². The Morgan fingerprint density at radius 2 is 1.90 bits per heavy atom. The Hall–Kier alpha value is -3.60. The highest BCUT2D eigenvalue weighted by Crippen LogP contribution is 2.30. The van der Waals surface area contributed by atoms with Gasteiger partial charge in [-0.15, -0.1) is 0 Å². The fourth-order valence-electron chi connectivity index (χ4n) is 3.42. The van der Waals surface area contributed by atoms with Gasteiger partial charge in [-0.1, -0.05) is 42.5 Å². The van der Waals surface area contributed by atoms with Crippen molar-refractivity contribution in [2.24, 2.45) is 0 Å². The lowest BCUT2D eigenvalue weighted by Crippen LogP contribution is -2.30. The van der Waals surface area contributed by atoms with E-state index >= 15 is 0 Å². The molecule has 4 aromatic rings. The van der Waals surface area contributed by atoms with Crippen LogP contribution in [0.5, 0.6) is 0 Å². The molecule has 146 valence electrons. The second-order valence-corrected chi connectivity index (χ2v) is 7.09. The van der Waals surface area contributed by atoms with E-state index in [2.05, 4.69) is 5.32 Å². The number of furan rings is 1. The van der Waals surface area contributed by atoms with Gasteiger partial charge in [0, 0.05) is 16.6 Å². The van der Waals surface area contributed by atoms with Gasteiger partial charge in [-0.25, -0.2) is 0 Å². The molecular formula is C24H21NO4. The minimum absolute atomic E-state index is 0.0308. The Morgan fingerprint density at radius 3 is 2.72 bits per heavy atom. The first-order chi connectivity index (χ1) is 14.0. The van der Waals surface area contributed by atoms with Crippen LogP contribution in [0.4, 0.5) is 5.69 Å². The van der Waals surface area contributed by atoms with Crippen LogP contribution in [0.1, 0.15) is 18.1 Å². The molecule has 0 saturated carbocycles. The molecule has 0 bridgehead atoms. The number of rotatable bonds is 5. The monoisotopic (exact) mass is 387 g/mol. The van der Waals surface area contributed by atoms with Crippen molar-refractivity contribution in [3.05, 3.63) is 78.1 Å². The number of anilines is 1. The number of fused-ring (bicyclic) bond motifs is 3. The van der Waals surface area contributed by atoms with Crippen LogP contribution in [-0.4, -0.2) is 18.0 Å². The Morgan fingerprint density at radius 1 is 1.07 bits per heavy atom. The number of carbonyl (C=O) groups is 2. The normalized spacial score (nSPS) is 12.1. The molecule has 1 heterocycles. The maximum absolute atomic E-state index is 12.5. The first-order valence-corrected chi connectivity index (χ1v) is 9.46. The number of aryl methyl sites for hydroxylation is 1. The summed E-state index contributed by atoms with van der Waals surface area (Å²) in [6.45, 7) is 3.50. The third-order valence-corrected chi connectivity index (χ3v) is 4.84. The van der Waals surface area contributed by atoms with Gasteiger partial charge in [-0.3, -0.25) is 9.59 Å². The second kappa shape index (κ2) is 7.80. The highest BCUT2D eigenvalue weighted by atomic mass is 16.5. The highest BCUT2D eigenvalue weighted by molar-refractivity contribution is 6.08. The summed E-state index contributed by atoms with van der Waals surface area (Å²) in [7, 11) is 0. The van der Waals surface area contributed by atoms with Crippen molar-refractivity contribution < 1.29 is 18.7 Å². The lowest BCUT2D eigenvalue weighted by molar-refractivity contribution is -0.152. The SMILES string of the molecule is Cc1cccc(NC(=O)[C@H](C)OC(=O)Cc2coc3ccc4ccccc4c23)c1. The molecule has 0 aliphatic rings. The molecule has 4 rings (SSSR count). The van der Waals surface area contributed by atoms with E-state index in [1.165, 1.54) is 0 Å². The number of esters is 1. The number of benzene rings is 3. The van der Waals surface area contributed by atoms with E-state index in [0.717, 1.165) is 32.9 Å². The summed E-state index contributed by atoms with van der Waals surface area (Å²) in [4.78, 5) is 24.8. The largest absolute Gasteiger partial charge is 0.464 e. The molecule has 0 aliphatic heterocycles. The van der Waals surface area contributed by atoms with Crippen molar-refractivity contribution in [1.82, 2.24) is 0 Å². The third kappa shape index (κ3) is 3.99. The van der Waals surface area contributed by atoms with Crippen molar-refractivity contribution in [3.63, 3.8) is 0 Å². The van der Waals surface area contributed by atoms with Crippen LogP contribution in [0.25, 0.3) is 21.7 Å². The maximum Gasteiger partial charge on any atom is 0.311 e. The lowest BCUT2D eigenvalue weighted by atomic mass is 10.0. The van der Waals surface area contributed by atoms with Crippen molar-refractivity contribution in [2.75, 3.05) is 5.32 Å². The molecule has 1 amide bonds. The predicted octanol–water partition coefficient (Wildman–Crippen LogP) is 5.01. The van der Waals surface area contributed by atoms with Crippen LogP contribution in [0.2, 0.25) is 0 Å². The average Bonchev–Trinajstić information content (AvgIpc) is 3.11.